The number of ether oxygens (including phenoxy) is 3. The Labute approximate surface area is 260 Å². The molecule has 1 saturated carbocycles. The summed E-state index contributed by atoms with van der Waals surface area (Å²) in [4.78, 5) is 39.3. The number of methoxy groups -OCH3 is 1. The smallest absolute Gasteiger partial charge is 0.251 e. The van der Waals surface area contributed by atoms with Crippen LogP contribution in [0.2, 0.25) is 0 Å². The number of amides is 2. The van der Waals surface area contributed by atoms with Gasteiger partial charge in [-0.05, 0) is 69.8 Å². The van der Waals surface area contributed by atoms with E-state index in [0.29, 0.717) is 73.9 Å². The van der Waals surface area contributed by atoms with Gasteiger partial charge in [0, 0.05) is 31.8 Å². The van der Waals surface area contributed by atoms with Gasteiger partial charge in [0.05, 0.1) is 38.3 Å². The van der Waals surface area contributed by atoms with E-state index < -0.39 is 0 Å². The zero-order valence-corrected chi connectivity index (χ0v) is 26.3. The highest BCUT2D eigenvalue weighted by molar-refractivity contribution is 6.04. The second kappa shape index (κ2) is 15.5. The van der Waals surface area contributed by atoms with Crippen molar-refractivity contribution in [2.24, 2.45) is 0 Å². The molecule has 1 atom stereocenters. The Balaban J connectivity index is 1.15. The average Bonchev–Trinajstić information content (AvgIpc) is 3.59. The number of piperidine rings is 1. The fraction of sp³-hybridized carbons (Fsp3) is 0.625. The van der Waals surface area contributed by atoms with Crippen molar-refractivity contribution in [1.82, 2.24) is 20.6 Å². The Hall–Kier alpha value is -3.48. The molecule has 3 N–H and O–H groups in total. The topological polar surface area (TPSA) is 130 Å². The predicted molar refractivity (Wildman–Crippen MR) is 170 cm³/mol. The van der Waals surface area contributed by atoms with E-state index in [9.17, 15) is 9.59 Å². The first-order chi connectivity index (χ1) is 21.5. The number of benzene rings is 1. The van der Waals surface area contributed by atoms with Crippen molar-refractivity contribution >= 4 is 35.0 Å². The van der Waals surface area contributed by atoms with Gasteiger partial charge in [-0.3, -0.25) is 9.59 Å². The van der Waals surface area contributed by atoms with Crippen molar-refractivity contribution in [2.45, 2.75) is 76.5 Å². The lowest BCUT2D eigenvalue weighted by Gasteiger charge is -2.43. The van der Waals surface area contributed by atoms with Crippen LogP contribution in [0.15, 0.2) is 24.4 Å². The number of carbonyl (C=O) groups is 2. The third-order valence-corrected chi connectivity index (χ3v) is 8.74. The van der Waals surface area contributed by atoms with Gasteiger partial charge in [-0.2, -0.15) is 4.98 Å². The summed E-state index contributed by atoms with van der Waals surface area (Å²) in [7, 11) is 3.36. The van der Waals surface area contributed by atoms with E-state index in [2.05, 4.69) is 25.8 Å². The Morgan fingerprint density at radius 1 is 1.11 bits per heavy atom. The quantitative estimate of drug-likeness (QED) is 0.273. The molecule has 0 radical (unpaired) electrons. The number of nitrogens with one attached hydrogen (secondary N) is 3. The first-order valence-electron chi connectivity index (χ1n) is 16.1. The van der Waals surface area contributed by atoms with Crippen molar-refractivity contribution < 1.29 is 23.8 Å². The molecule has 1 aromatic heterocycles. The predicted octanol–water partition coefficient (Wildman–Crippen LogP) is 3.64. The lowest BCUT2D eigenvalue weighted by Crippen LogP contribution is -2.55. The standard InChI is InChI=1S/C32H47N7O5/c1-4-26-31(41)38(2)27-21-35-32(37-29(27)39(26)23-8-5-6-9-23)36-25-11-10-22(20-28(25)42-3)30(40)34-14-7-17-43-18-19-44-24-12-15-33-16-13-24/h10-11,20-21,23-24,26,33H,4-9,12-19H2,1-3H3,(H,34,40)(H,35,36,37). The Bertz CT molecular complexity index is 1270. The summed E-state index contributed by atoms with van der Waals surface area (Å²) in [5.74, 6) is 1.58. The Morgan fingerprint density at radius 3 is 2.66 bits per heavy atom. The second-order valence-electron chi connectivity index (χ2n) is 11.7. The van der Waals surface area contributed by atoms with Crippen LogP contribution in [0.25, 0.3) is 0 Å². The van der Waals surface area contributed by atoms with Crippen molar-refractivity contribution in [2.75, 3.05) is 68.7 Å². The lowest BCUT2D eigenvalue weighted by molar-refractivity contribution is -0.120. The highest BCUT2D eigenvalue weighted by Gasteiger charge is 2.41. The number of fused-ring (bicyclic) bond motifs is 1. The first kappa shape index (κ1) is 31.9. The number of carbonyl (C=O) groups excluding carboxylic acids is 2. The van der Waals surface area contributed by atoms with Gasteiger partial charge in [0.25, 0.3) is 5.91 Å². The average molecular weight is 610 g/mol. The highest BCUT2D eigenvalue weighted by atomic mass is 16.5. The number of likely N-dealkylation sites (N-methyl/N-ethyl adjacent to an activating group) is 1. The van der Waals surface area contributed by atoms with Gasteiger partial charge >= 0.3 is 0 Å². The molecular weight excluding hydrogens is 562 g/mol. The fourth-order valence-corrected chi connectivity index (χ4v) is 6.32. The van der Waals surface area contributed by atoms with Gasteiger partial charge in [-0.1, -0.05) is 19.8 Å². The normalized spacial score (nSPS) is 19.2. The molecule has 2 aliphatic heterocycles. The van der Waals surface area contributed by atoms with Gasteiger partial charge < -0.3 is 40.0 Å². The van der Waals surface area contributed by atoms with E-state index in [1.807, 2.05) is 6.92 Å². The summed E-state index contributed by atoms with van der Waals surface area (Å²) in [6, 6.07) is 5.29. The maximum Gasteiger partial charge on any atom is 0.251 e. The molecule has 3 aliphatic rings. The van der Waals surface area contributed by atoms with E-state index in [1.165, 1.54) is 0 Å². The minimum absolute atomic E-state index is 0.0804. The van der Waals surface area contributed by atoms with Crippen LogP contribution in [0.5, 0.6) is 5.75 Å². The second-order valence-corrected chi connectivity index (χ2v) is 11.7. The minimum atomic E-state index is -0.240. The lowest BCUT2D eigenvalue weighted by atomic mass is 10.0. The number of aromatic nitrogens is 2. The highest BCUT2D eigenvalue weighted by Crippen LogP contribution is 2.40. The molecule has 5 rings (SSSR count). The van der Waals surface area contributed by atoms with Crippen LogP contribution in [0, 0.1) is 0 Å². The first-order valence-corrected chi connectivity index (χ1v) is 16.1. The van der Waals surface area contributed by atoms with E-state index in [-0.39, 0.29) is 23.9 Å². The summed E-state index contributed by atoms with van der Waals surface area (Å²) < 4.78 is 17.1. The molecule has 0 spiro atoms. The number of nitrogens with zero attached hydrogens (tertiary/aromatic N) is 4. The summed E-state index contributed by atoms with van der Waals surface area (Å²) >= 11 is 0. The molecule has 1 unspecified atom stereocenters. The maximum atomic E-state index is 13.2. The molecule has 12 nitrogen and oxygen atoms in total. The molecule has 1 saturated heterocycles. The van der Waals surface area contributed by atoms with E-state index >= 15 is 0 Å². The number of hydrogen-bond acceptors (Lipinski definition) is 10. The van der Waals surface area contributed by atoms with Crippen molar-refractivity contribution in [3.63, 3.8) is 0 Å². The molecule has 44 heavy (non-hydrogen) atoms. The van der Waals surface area contributed by atoms with Crippen LogP contribution in [0.3, 0.4) is 0 Å². The number of hydrogen-bond donors (Lipinski definition) is 3. The molecule has 1 aromatic carbocycles. The largest absolute Gasteiger partial charge is 0.495 e. The van der Waals surface area contributed by atoms with Crippen LogP contribution >= 0.6 is 0 Å². The molecular formula is C32H47N7O5. The molecule has 2 amide bonds. The zero-order valence-electron chi connectivity index (χ0n) is 26.3. The van der Waals surface area contributed by atoms with Crippen LogP contribution < -0.4 is 30.5 Å². The SMILES string of the molecule is CCC1C(=O)N(C)c2cnc(Nc3ccc(C(=O)NCCCOCCOC4CCNCC4)cc3OC)nc2N1C1CCCC1. The number of anilines is 4. The molecule has 240 valence electrons. The van der Waals surface area contributed by atoms with Crippen LogP contribution in [-0.4, -0.2) is 93.6 Å². The van der Waals surface area contributed by atoms with Gasteiger partial charge in [0.2, 0.25) is 11.9 Å². The summed E-state index contributed by atoms with van der Waals surface area (Å²) in [6.07, 6.45) is 9.98. The zero-order chi connectivity index (χ0) is 30.9. The van der Waals surface area contributed by atoms with E-state index in [0.717, 1.165) is 57.4 Å². The summed E-state index contributed by atoms with van der Waals surface area (Å²) in [5, 5.41) is 9.55. The van der Waals surface area contributed by atoms with Crippen LogP contribution in [0.4, 0.5) is 23.1 Å². The summed E-state index contributed by atoms with van der Waals surface area (Å²) in [6.45, 7) is 6.30. The summed E-state index contributed by atoms with van der Waals surface area (Å²) in [5.41, 5.74) is 1.85. The molecule has 3 heterocycles. The maximum absolute atomic E-state index is 13.2. The Morgan fingerprint density at radius 2 is 1.91 bits per heavy atom. The molecule has 2 fully saturated rings. The van der Waals surface area contributed by atoms with Crippen LogP contribution in [0.1, 0.15) is 68.6 Å². The molecule has 12 heteroatoms. The molecule has 0 bridgehead atoms. The van der Waals surface area contributed by atoms with Gasteiger partial charge in [0.1, 0.15) is 17.5 Å². The van der Waals surface area contributed by atoms with Crippen molar-refractivity contribution in [3.8, 4) is 5.75 Å². The van der Waals surface area contributed by atoms with Crippen molar-refractivity contribution in [3.05, 3.63) is 30.0 Å². The Kier molecular flexibility index (Phi) is 11.2. The third kappa shape index (κ3) is 7.59. The molecule has 1 aliphatic carbocycles. The third-order valence-electron chi connectivity index (χ3n) is 8.74. The van der Waals surface area contributed by atoms with E-state index in [4.69, 9.17) is 19.2 Å². The monoisotopic (exact) mass is 609 g/mol. The fourth-order valence-electron chi connectivity index (χ4n) is 6.32. The minimum Gasteiger partial charge on any atom is -0.495 e. The van der Waals surface area contributed by atoms with Crippen molar-refractivity contribution in [1.29, 1.82) is 0 Å². The van der Waals surface area contributed by atoms with E-state index in [1.54, 1.807) is 43.5 Å². The van der Waals surface area contributed by atoms with Gasteiger partial charge in [-0.25, -0.2) is 4.98 Å². The van der Waals surface area contributed by atoms with Gasteiger partial charge in [0.15, 0.2) is 5.82 Å². The van der Waals surface area contributed by atoms with Crippen LogP contribution in [-0.2, 0) is 14.3 Å². The van der Waals surface area contributed by atoms with Gasteiger partial charge in [-0.15, -0.1) is 0 Å². The molecule has 2 aromatic rings. The number of rotatable bonds is 14.